The van der Waals surface area contributed by atoms with Gasteiger partial charge in [0.1, 0.15) is 5.82 Å². The van der Waals surface area contributed by atoms with E-state index in [4.69, 9.17) is 0 Å². The molecule has 2 nitrogen and oxygen atoms in total. The van der Waals surface area contributed by atoms with Gasteiger partial charge in [0.05, 0.1) is 6.04 Å². The second-order valence-electron chi connectivity index (χ2n) is 5.48. The van der Waals surface area contributed by atoms with E-state index < -0.39 is 0 Å². The molecular formula is C19H22FNO. The molecule has 0 aliphatic rings. The van der Waals surface area contributed by atoms with Gasteiger partial charge in [0.2, 0.25) is 5.91 Å². The number of aryl methyl sites for hydroxylation is 2. The maximum absolute atomic E-state index is 13.5. The Kier molecular flexibility index (Phi) is 5.70. The Labute approximate surface area is 131 Å². The van der Waals surface area contributed by atoms with Gasteiger partial charge in [-0.25, -0.2) is 4.39 Å². The average Bonchev–Trinajstić information content (AvgIpc) is 2.54. The Morgan fingerprint density at radius 1 is 1.14 bits per heavy atom. The maximum Gasteiger partial charge on any atom is 0.220 e. The topological polar surface area (TPSA) is 29.1 Å². The fourth-order valence-corrected chi connectivity index (χ4v) is 2.39. The number of carbonyl (C=O) groups excluding carboxylic acids is 1. The number of hydrogen-bond donors (Lipinski definition) is 1. The number of hydrogen-bond acceptors (Lipinski definition) is 1. The number of rotatable bonds is 6. The van der Waals surface area contributed by atoms with E-state index in [9.17, 15) is 9.18 Å². The SMILES string of the molecule is CCc1ccc([C@H](C)NC(=O)CCc2ccccc2F)cc1. The lowest BCUT2D eigenvalue weighted by Gasteiger charge is -2.15. The van der Waals surface area contributed by atoms with Crippen LogP contribution in [0.15, 0.2) is 48.5 Å². The van der Waals surface area contributed by atoms with Gasteiger partial charge >= 0.3 is 0 Å². The largest absolute Gasteiger partial charge is 0.350 e. The molecule has 0 radical (unpaired) electrons. The van der Waals surface area contributed by atoms with E-state index in [1.807, 2.05) is 19.1 Å². The summed E-state index contributed by atoms with van der Waals surface area (Å²) >= 11 is 0. The van der Waals surface area contributed by atoms with Crippen LogP contribution in [0.3, 0.4) is 0 Å². The molecule has 0 aliphatic heterocycles. The molecule has 2 aromatic rings. The fraction of sp³-hybridized carbons (Fsp3) is 0.316. The number of halogens is 1. The van der Waals surface area contributed by atoms with Gasteiger partial charge in [-0.1, -0.05) is 49.4 Å². The number of carbonyl (C=O) groups is 1. The molecule has 0 aromatic heterocycles. The second kappa shape index (κ2) is 7.74. The van der Waals surface area contributed by atoms with Crippen molar-refractivity contribution in [2.75, 3.05) is 0 Å². The lowest BCUT2D eigenvalue weighted by molar-refractivity contribution is -0.121. The molecule has 116 valence electrons. The molecule has 0 fully saturated rings. The van der Waals surface area contributed by atoms with Crippen molar-refractivity contribution in [2.24, 2.45) is 0 Å². The summed E-state index contributed by atoms with van der Waals surface area (Å²) in [6.45, 7) is 4.07. The van der Waals surface area contributed by atoms with Crippen LogP contribution in [0.4, 0.5) is 4.39 Å². The number of benzene rings is 2. The summed E-state index contributed by atoms with van der Waals surface area (Å²) < 4.78 is 13.5. The third-order valence-corrected chi connectivity index (χ3v) is 3.84. The number of nitrogens with one attached hydrogen (secondary N) is 1. The lowest BCUT2D eigenvalue weighted by Crippen LogP contribution is -2.26. The summed E-state index contributed by atoms with van der Waals surface area (Å²) in [5, 5.41) is 2.96. The van der Waals surface area contributed by atoms with Crippen molar-refractivity contribution in [2.45, 2.75) is 39.2 Å². The Morgan fingerprint density at radius 3 is 2.45 bits per heavy atom. The summed E-state index contributed by atoms with van der Waals surface area (Å²) in [6, 6.07) is 14.8. The smallest absolute Gasteiger partial charge is 0.220 e. The van der Waals surface area contributed by atoms with Gasteiger partial charge in [0, 0.05) is 6.42 Å². The predicted molar refractivity (Wildman–Crippen MR) is 87.1 cm³/mol. The molecule has 0 unspecified atom stereocenters. The van der Waals surface area contributed by atoms with Gasteiger partial charge in [0.15, 0.2) is 0 Å². The van der Waals surface area contributed by atoms with Gasteiger partial charge in [-0.2, -0.15) is 0 Å². The van der Waals surface area contributed by atoms with Crippen LogP contribution in [0.25, 0.3) is 0 Å². The van der Waals surface area contributed by atoms with E-state index in [-0.39, 0.29) is 24.2 Å². The Hall–Kier alpha value is -2.16. The minimum Gasteiger partial charge on any atom is -0.350 e. The van der Waals surface area contributed by atoms with Crippen molar-refractivity contribution in [1.82, 2.24) is 5.32 Å². The molecule has 1 amide bonds. The average molecular weight is 299 g/mol. The molecule has 22 heavy (non-hydrogen) atoms. The molecule has 0 spiro atoms. The summed E-state index contributed by atoms with van der Waals surface area (Å²) in [6.07, 6.45) is 1.71. The van der Waals surface area contributed by atoms with Crippen LogP contribution < -0.4 is 5.32 Å². The minimum absolute atomic E-state index is 0.0426. The molecule has 1 atom stereocenters. The van der Waals surface area contributed by atoms with Crippen LogP contribution in [0.2, 0.25) is 0 Å². The predicted octanol–water partition coefficient (Wildman–Crippen LogP) is 4.20. The van der Waals surface area contributed by atoms with Crippen molar-refractivity contribution in [1.29, 1.82) is 0 Å². The van der Waals surface area contributed by atoms with Crippen molar-refractivity contribution in [3.63, 3.8) is 0 Å². The van der Waals surface area contributed by atoms with Gasteiger partial charge < -0.3 is 5.32 Å². The third kappa shape index (κ3) is 4.42. The quantitative estimate of drug-likeness (QED) is 0.851. The van der Waals surface area contributed by atoms with Gasteiger partial charge in [-0.3, -0.25) is 4.79 Å². The van der Waals surface area contributed by atoms with Crippen molar-refractivity contribution >= 4 is 5.91 Å². The van der Waals surface area contributed by atoms with Crippen molar-refractivity contribution < 1.29 is 9.18 Å². The second-order valence-corrected chi connectivity index (χ2v) is 5.48. The highest BCUT2D eigenvalue weighted by Crippen LogP contribution is 2.14. The van der Waals surface area contributed by atoms with Crippen LogP contribution in [0, 0.1) is 5.82 Å². The molecule has 1 N–H and O–H groups in total. The molecule has 2 aromatic carbocycles. The molecule has 0 bridgehead atoms. The highest BCUT2D eigenvalue weighted by molar-refractivity contribution is 5.76. The Bertz CT molecular complexity index is 622. The summed E-state index contributed by atoms with van der Waals surface area (Å²) in [5.74, 6) is -0.311. The summed E-state index contributed by atoms with van der Waals surface area (Å²) in [4.78, 5) is 12.0. The fourth-order valence-electron chi connectivity index (χ4n) is 2.39. The molecule has 3 heteroatoms. The van der Waals surface area contributed by atoms with Crippen LogP contribution in [0.1, 0.15) is 43.0 Å². The first kappa shape index (κ1) is 16.2. The van der Waals surface area contributed by atoms with Crippen LogP contribution in [-0.2, 0) is 17.6 Å². The van der Waals surface area contributed by atoms with Crippen molar-refractivity contribution in [3.05, 3.63) is 71.0 Å². The maximum atomic E-state index is 13.5. The van der Waals surface area contributed by atoms with E-state index in [0.717, 1.165) is 12.0 Å². The first-order chi connectivity index (χ1) is 10.6. The molecule has 0 saturated heterocycles. The van der Waals surface area contributed by atoms with E-state index in [0.29, 0.717) is 12.0 Å². The highest BCUT2D eigenvalue weighted by Gasteiger charge is 2.10. The Morgan fingerprint density at radius 2 is 1.82 bits per heavy atom. The Balaban J connectivity index is 1.87. The summed E-state index contributed by atoms with van der Waals surface area (Å²) in [5.41, 5.74) is 2.94. The first-order valence-corrected chi connectivity index (χ1v) is 7.71. The number of amides is 1. The van der Waals surface area contributed by atoms with E-state index >= 15 is 0 Å². The van der Waals surface area contributed by atoms with E-state index in [2.05, 4.69) is 24.4 Å². The zero-order valence-electron chi connectivity index (χ0n) is 13.1. The van der Waals surface area contributed by atoms with Gasteiger partial charge in [-0.15, -0.1) is 0 Å². The van der Waals surface area contributed by atoms with E-state index in [1.54, 1.807) is 18.2 Å². The van der Waals surface area contributed by atoms with Crippen LogP contribution in [0.5, 0.6) is 0 Å². The molecule has 0 heterocycles. The third-order valence-electron chi connectivity index (χ3n) is 3.84. The van der Waals surface area contributed by atoms with Crippen molar-refractivity contribution in [3.8, 4) is 0 Å². The first-order valence-electron chi connectivity index (χ1n) is 7.71. The zero-order chi connectivity index (χ0) is 15.9. The standard InChI is InChI=1S/C19H22FNO/c1-3-15-8-10-16(11-9-15)14(2)21-19(22)13-12-17-6-4-5-7-18(17)20/h4-11,14H,3,12-13H2,1-2H3,(H,21,22)/t14-/m0/s1. The van der Waals surface area contributed by atoms with Gasteiger partial charge in [-0.05, 0) is 42.5 Å². The molecule has 0 saturated carbocycles. The van der Waals surface area contributed by atoms with Crippen LogP contribution >= 0.6 is 0 Å². The highest BCUT2D eigenvalue weighted by atomic mass is 19.1. The lowest BCUT2D eigenvalue weighted by atomic mass is 10.0. The normalized spacial score (nSPS) is 12.0. The molecular weight excluding hydrogens is 277 g/mol. The zero-order valence-corrected chi connectivity index (χ0v) is 13.1. The summed E-state index contributed by atoms with van der Waals surface area (Å²) in [7, 11) is 0. The molecule has 2 rings (SSSR count). The minimum atomic E-state index is -0.251. The van der Waals surface area contributed by atoms with E-state index in [1.165, 1.54) is 11.6 Å². The van der Waals surface area contributed by atoms with Gasteiger partial charge in [0.25, 0.3) is 0 Å². The van der Waals surface area contributed by atoms with Crippen LogP contribution in [-0.4, -0.2) is 5.91 Å². The molecule has 0 aliphatic carbocycles. The monoisotopic (exact) mass is 299 g/mol.